The van der Waals surface area contributed by atoms with Crippen molar-refractivity contribution in [1.82, 2.24) is 9.47 Å². The van der Waals surface area contributed by atoms with Gasteiger partial charge in [0.15, 0.2) is 0 Å². The number of carbonyl (C=O) groups excluding carboxylic acids is 1. The van der Waals surface area contributed by atoms with E-state index in [0.29, 0.717) is 5.92 Å². The first-order valence-electron chi connectivity index (χ1n) is 6.23. The Kier molecular flexibility index (Phi) is 3.92. The maximum atomic E-state index is 12.4. The number of aryl methyl sites for hydroxylation is 1. The van der Waals surface area contributed by atoms with Crippen molar-refractivity contribution in [2.45, 2.75) is 26.2 Å². The summed E-state index contributed by atoms with van der Waals surface area (Å²) >= 11 is 3.41. The third kappa shape index (κ3) is 2.73. The predicted octanol–water partition coefficient (Wildman–Crippen LogP) is 3.05. The van der Waals surface area contributed by atoms with Crippen LogP contribution in [0.15, 0.2) is 16.7 Å². The first kappa shape index (κ1) is 12.7. The van der Waals surface area contributed by atoms with Crippen LogP contribution in [0.3, 0.4) is 0 Å². The number of hydrogen-bond donors (Lipinski definition) is 0. The molecule has 1 aromatic rings. The van der Waals surface area contributed by atoms with E-state index in [1.165, 1.54) is 12.8 Å². The summed E-state index contributed by atoms with van der Waals surface area (Å²) in [5.41, 5.74) is 0.772. The van der Waals surface area contributed by atoms with E-state index in [4.69, 9.17) is 0 Å². The maximum Gasteiger partial charge on any atom is 0.270 e. The van der Waals surface area contributed by atoms with Gasteiger partial charge in [-0.15, -0.1) is 0 Å². The van der Waals surface area contributed by atoms with Crippen molar-refractivity contribution in [3.8, 4) is 0 Å². The Morgan fingerprint density at radius 2 is 2.35 bits per heavy atom. The van der Waals surface area contributed by atoms with Gasteiger partial charge in [0.25, 0.3) is 5.91 Å². The molecule has 0 spiro atoms. The summed E-state index contributed by atoms with van der Waals surface area (Å²) in [5.74, 6) is 0.841. The molecule has 1 aliphatic heterocycles. The molecule has 0 radical (unpaired) electrons. The maximum absolute atomic E-state index is 12.4. The van der Waals surface area contributed by atoms with Crippen LogP contribution < -0.4 is 0 Å². The van der Waals surface area contributed by atoms with Gasteiger partial charge in [0.1, 0.15) is 5.69 Å². The van der Waals surface area contributed by atoms with Crippen molar-refractivity contribution in [3.05, 3.63) is 22.4 Å². The van der Waals surface area contributed by atoms with Crippen LogP contribution in [0, 0.1) is 5.92 Å². The Morgan fingerprint density at radius 1 is 1.59 bits per heavy atom. The molecule has 1 atom stereocenters. The standard InChI is InChI=1S/C13H19BrN2O/c1-3-10-5-4-6-16(8-10)13(17)12-7-11(14)9-15(12)2/h7,9-10H,3-6,8H2,1-2H3. The van der Waals surface area contributed by atoms with E-state index in [1.54, 1.807) is 0 Å². The second-order valence-corrected chi connectivity index (χ2v) is 5.74. The van der Waals surface area contributed by atoms with Gasteiger partial charge in [-0.25, -0.2) is 0 Å². The Morgan fingerprint density at radius 3 is 2.94 bits per heavy atom. The Balaban J connectivity index is 2.12. The third-order valence-corrected chi connectivity index (χ3v) is 4.01. The highest BCUT2D eigenvalue weighted by Crippen LogP contribution is 2.22. The van der Waals surface area contributed by atoms with Crippen molar-refractivity contribution in [1.29, 1.82) is 0 Å². The van der Waals surface area contributed by atoms with Crippen LogP contribution in [-0.2, 0) is 7.05 Å². The van der Waals surface area contributed by atoms with Gasteiger partial charge in [-0.2, -0.15) is 0 Å². The number of halogens is 1. The fraction of sp³-hybridized carbons (Fsp3) is 0.615. The first-order chi connectivity index (χ1) is 8.11. The summed E-state index contributed by atoms with van der Waals surface area (Å²) in [7, 11) is 1.92. The number of carbonyl (C=O) groups is 1. The average Bonchev–Trinajstić information content (AvgIpc) is 2.67. The predicted molar refractivity (Wildman–Crippen MR) is 72.0 cm³/mol. The normalized spacial score (nSPS) is 20.6. The molecule has 1 amide bonds. The van der Waals surface area contributed by atoms with Gasteiger partial charge in [0.05, 0.1) is 0 Å². The van der Waals surface area contributed by atoms with E-state index in [-0.39, 0.29) is 5.91 Å². The minimum Gasteiger partial charge on any atom is -0.345 e. The molecule has 94 valence electrons. The fourth-order valence-electron chi connectivity index (χ4n) is 2.48. The zero-order valence-electron chi connectivity index (χ0n) is 10.4. The van der Waals surface area contributed by atoms with Gasteiger partial charge in [-0.3, -0.25) is 4.79 Å². The largest absolute Gasteiger partial charge is 0.345 e. The number of nitrogens with zero attached hydrogens (tertiary/aromatic N) is 2. The topological polar surface area (TPSA) is 25.2 Å². The minimum atomic E-state index is 0.163. The third-order valence-electron chi connectivity index (χ3n) is 3.57. The molecule has 0 bridgehead atoms. The zero-order chi connectivity index (χ0) is 12.4. The average molecular weight is 299 g/mol. The van der Waals surface area contributed by atoms with E-state index in [0.717, 1.165) is 29.7 Å². The number of rotatable bonds is 2. The summed E-state index contributed by atoms with van der Waals surface area (Å²) < 4.78 is 2.86. The lowest BCUT2D eigenvalue weighted by Gasteiger charge is -2.32. The van der Waals surface area contributed by atoms with E-state index in [9.17, 15) is 4.79 Å². The Hall–Kier alpha value is -0.770. The van der Waals surface area contributed by atoms with Crippen LogP contribution in [0.4, 0.5) is 0 Å². The molecule has 0 N–H and O–H groups in total. The van der Waals surface area contributed by atoms with E-state index >= 15 is 0 Å². The summed E-state index contributed by atoms with van der Waals surface area (Å²) in [6, 6.07) is 1.90. The van der Waals surface area contributed by atoms with Crippen molar-refractivity contribution < 1.29 is 4.79 Å². The van der Waals surface area contributed by atoms with Gasteiger partial charge >= 0.3 is 0 Å². The Bertz CT molecular complexity index is 414. The number of hydrogen-bond acceptors (Lipinski definition) is 1. The molecule has 1 unspecified atom stereocenters. The molecule has 1 aliphatic rings. The molecule has 17 heavy (non-hydrogen) atoms. The molecule has 2 rings (SSSR count). The molecule has 0 saturated carbocycles. The molecule has 0 aromatic carbocycles. The number of amides is 1. The minimum absolute atomic E-state index is 0.163. The molecule has 4 heteroatoms. The van der Waals surface area contributed by atoms with Crippen molar-refractivity contribution in [3.63, 3.8) is 0 Å². The quantitative estimate of drug-likeness (QED) is 0.824. The summed E-state index contributed by atoms with van der Waals surface area (Å²) in [6.07, 6.45) is 5.49. The van der Waals surface area contributed by atoms with Gasteiger partial charge < -0.3 is 9.47 Å². The van der Waals surface area contributed by atoms with Gasteiger partial charge in [0.2, 0.25) is 0 Å². The molecule has 1 saturated heterocycles. The monoisotopic (exact) mass is 298 g/mol. The SMILES string of the molecule is CCC1CCCN(C(=O)c2cc(Br)cn2C)C1. The highest BCUT2D eigenvalue weighted by Gasteiger charge is 2.24. The molecular formula is C13H19BrN2O. The molecular weight excluding hydrogens is 280 g/mol. The first-order valence-corrected chi connectivity index (χ1v) is 7.02. The molecule has 3 nitrogen and oxygen atoms in total. The highest BCUT2D eigenvalue weighted by molar-refractivity contribution is 9.10. The van der Waals surface area contributed by atoms with Crippen LogP contribution in [-0.4, -0.2) is 28.5 Å². The Labute approximate surface area is 111 Å². The van der Waals surface area contributed by atoms with E-state index in [2.05, 4.69) is 22.9 Å². The molecule has 1 aromatic heterocycles. The molecule has 1 fully saturated rings. The lowest BCUT2D eigenvalue weighted by molar-refractivity contribution is 0.0661. The molecule has 2 heterocycles. The second-order valence-electron chi connectivity index (χ2n) is 4.82. The zero-order valence-corrected chi connectivity index (χ0v) is 12.0. The molecule has 0 aliphatic carbocycles. The lowest BCUT2D eigenvalue weighted by Crippen LogP contribution is -2.40. The van der Waals surface area contributed by atoms with Gasteiger partial charge in [-0.1, -0.05) is 13.3 Å². The van der Waals surface area contributed by atoms with Crippen LogP contribution in [0.25, 0.3) is 0 Å². The second kappa shape index (κ2) is 5.25. The summed E-state index contributed by atoms with van der Waals surface area (Å²) in [6.45, 7) is 4.02. The van der Waals surface area contributed by atoms with E-state index < -0.39 is 0 Å². The van der Waals surface area contributed by atoms with Crippen molar-refractivity contribution in [2.75, 3.05) is 13.1 Å². The highest BCUT2D eigenvalue weighted by atomic mass is 79.9. The van der Waals surface area contributed by atoms with Crippen LogP contribution >= 0.6 is 15.9 Å². The number of likely N-dealkylation sites (tertiary alicyclic amines) is 1. The summed E-state index contributed by atoms with van der Waals surface area (Å²) in [5, 5.41) is 0. The fourth-order valence-corrected chi connectivity index (χ4v) is 3.01. The lowest BCUT2D eigenvalue weighted by atomic mass is 9.95. The number of aromatic nitrogens is 1. The van der Waals surface area contributed by atoms with Gasteiger partial charge in [0, 0.05) is 30.8 Å². The van der Waals surface area contributed by atoms with Crippen molar-refractivity contribution in [2.24, 2.45) is 13.0 Å². The van der Waals surface area contributed by atoms with Crippen molar-refractivity contribution >= 4 is 21.8 Å². The van der Waals surface area contributed by atoms with Crippen LogP contribution in [0.1, 0.15) is 36.7 Å². The van der Waals surface area contributed by atoms with Gasteiger partial charge in [-0.05, 0) is 40.8 Å². The van der Waals surface area contributed by atoms with Crippen LogP contribution in [0.2, 0.25) is 0 Å². The number of piperidine rings is 1. The summed E-state index contributed by atoms with van der Waals surface area (Å²) in [4.78, 5) is 14.4. The van der Waals surface area contributed by atoms with E-state index in [1.807, 2.05) is 28.8 Å². The van der Waals surface area contributed by atoms with Crippen LogP contribution in [0.5, 0.6) is 0 Å². The smallest absolute Gasteiger partial charge is 0.270 e.